The van der Waals surface area contributed by atoms with Crippen LogP contribution in [0, 0.1) is 0 Å². The molecule has 0 amide bonds. The first-order chi connectivity index (χ1) is 11.5. The minimum absolute atomic E-state index is 0.107. The number of hydrazone groups is 1. The number of nitrogens with zero attached hydrogens (tertiary/aromatic N) is 1. The first kappa shape index (κ1) is 18.5. The monoisotopic (exact) mass is 427 g/mol. The predicted molar refractivity (Wildman–Crippen MR) is 104 cm³/mol. The molecule has 2 rings (SSSR count). The van der Waals surface area contributed by atoms with Gasteiger partial charge >= 0.3 is 0 Å². The number of benzene rings is 2. The first-order valence-corrected chi connectivity index (χ1v) is 8.41. The van der Waals surface area contributed by atoms with Crippen LogP contribution in [0.5, 0.6) is 11.5 Å². The molecule has 0 spiro atoms. The predicted octanol–water partition coefficient (Wildman–Crippen LogP) is 3.86. The molecule has 0 saturated carbocycles. The highest BCUT2D eigenvalue weighted by molar-refractivity contribution is 9.10. The summed E-state index contributed by atoms with van der Waals surface area (Å²) in [5, 5.41) is 4.68. The number of thiocarbonyl (C=S) groups is 1. The van der Waals surface area contributed by atoms with Gasteiger partial charge in [0.1, 0.15) is 18.1 Å². The van der Waals surface area contributed by atoms with E-state index in [0.29, 0.717) is 17.4 Å². The van der Waals surface area contributed by atoms with Crippen LogP contribution < -0.4 is 20.6 Å². The van der Waals surface area contributed by atoms with Crippen LogP contribution in [0.1, 0.15) is 11.1 Å². The Hall–Kier alpha value is -1.83. The van der Waals surface area contributed by atoms with Gasteiger partial charge in [0.05, 0.1) is 17.8 Å². The molecule has 2 aromatic rings. The summed E-state index contributed by atoms with van der Waals surface area (Å²) in [6, 6.07) is 11.0. The summed E-state index contributed by atoms with van der Waals surface area (Å²) >= 11 is 14.0. The van der Waals surface area contributed by atoms with Crippen molar-refractivity contribution >= 4 is 51.1 Å². The molecule has 0 aliphatic heterocycles. The van der Waals surface area contributed by atoms with Crippen molar-refractivity contribution in [3.63, 3.8) is 0 Å². The Morgan fingerprint density at radius 1 is 1.33 bits per heavy atom. The average molecular weight is 429 g/mol. The van der Waals surface area contributed by atoms with Crippen molar-refractivity contribution in [2.75, 3.05) is 7.11 Å². The highest BCUT2D eigenvalue weighted by Crippen LogP contribution is 2.29. The number of halogens is 2. The molecule has 0 unspecified atom stereocenters. The summed E-state index contributed by atoms with van der Waals surface area (Å²) in [6.07, 6.45) is 1.61. The molecule has 3 N–H and O–H groups in total. The zero-order chi connectivity index (χ0) is 17.5. The maximum Gasteiger partial charge on any atom is 0.184 e. The second kappa shape index (κ2) is 8.86. The minimum Gasteiger partial charge on any atom is -0.496 e. The smallest absolute Gasteiger partial charge is 0.184 e. The fourth-order valence-corrected chi connectivity index (χ4v) is 2.76. The summed E-state index contributed by atoms with van der Waals surface area (Å²) in [4.78, 5) is 0. The fourth-order valence-electron chi connectivity index (χ4n) is 1.91. The minimum atomic E-state index is 0.107. The lowest BCUT2D eigenvalue weighted by Crippen LogP contribution is -2.24. The van der Waals surface area contributed by atoms with Crippen molar-refractivity contribution in [2.45, 2.75) is 6.61 Å². The fraction of sp³-hybridized carbons (Fsp3) is 0.125. The molecule has 0 heterocycles. The second-order valence-electron chi connectivity index (χ2n) is 4.67. The van der Waals surface area contributed by atoms with Crippen LogP contribution in [0.2, 0.25) is 5.02 Å². The Balaban J connectivity index is 2.15. The number of rotatable bonds is 6. The molecule has 0 aliphatic carbocycles. The third kappa shape index (κ3) is 5.36. The molecular formula is C16H15BrClN3O2S. The molecule has 126 valence electrons. The first-order valence-electron chi connectivity index (χ1n) is 6.83. The zero-order valence-corrected chi connectivity index (χ0v) is 15.9. The maximum atomic E-state index is 5.93. The van der Waals surface area contributed by atoms with E-state index in [9.17, 15) is 0 Å². The molecular weight excluding hydrogens is 414 g/mol. The number of methoxy groups -OCH3 is 1. The molecule has 0 bridgehead atoms. The van der Waals surface area contributed by atoms with Gasteiger partial charge in [-0.05, 0) is 70.1 Å². The number of hydrogen-bond donors (Lipinski definition) is 2. The molecule has 8 heteroatoms. The SMILES string of the molecule is COc1ccc(C=NNC(N)=S)cc1COc1ccc(Cl)cc1Br. The quantitative estimate of drug-likeness (QED) is 0.415. The van der Waals surface area contributed by atoms with Gasteiger partial charge in [-0.15, -0.1) is 0 Å². The topological polar surface area (TPSA) is 68.9 Å². The lowest BCUT2D eigenvalue weighted by Gasteiger charge is -2.12. The lowest BCUT2D eigenvalue weighted by atomic mass is 10.1. The number of nitrogens with one attached hydrogen (secondary N) is 1. The van der Waals surface area contributed by atoms with Crippen molar-refractivity contribution in [1.29, 1.82) is 0 Å². The van der Waals surface area contributed by atoms with E-state index >= 15 is 0 Å². The summed E-state index contributed by atoms with van der Waals surface area (Å²) in [7, 11) is 1.61. The van der Waals surface area contributed by atoms with Crippen LogP contribution >= 0.6 is 39.7 Å². The van der Waals surface area contributed by atoms with Gasteiger partial charge in [0.15, 0.2) is 5.11 Å². The van der Waals surface area contributed by atoms with Gasteiger partial charge in [-0.2, -0.15) is 5.10 Å². The Morgan fingerprint density at radius 2 is 2.08 bits per heavy atom. The number of nitrogens with two attached hydrogens (primary N) is 1. The third-order valence-corrected chi connectivity index (χ3v) is 3.92. The van der Waals surface area contributed by atoms with Crippen molar-refractivity contribution in [1.82, 2.24) is 5.43 Å². The van der Waals surface area contributed by atoms with E-state index in [0.717, 1.165) is 21.3 Å². The Morgan fingerprint density at radius 3 is 2.75 bits per heavy atom. The van der Waals surface area contributed by atoms with Crippen LogP contribution in [0.4, 0.5) is 0 Å². The normalized spacial score (nSPS) is 10.6. The Kier molecular flexibility index (Phi) is 6.84. The van der Waals surface area contributed by atoms with Gasteiger partial charge in [-0.3, -0.25) is 5.43 Å². The molecule has 5 nitrogen and oxygen atoms in total. The van der Waals surface area contributed by atoms with Crippen molar-refractivity contribution in [2.24, 2.45) is 10.8 Å². The molecule has 0 fully saturated rings. The highest BCUT2D eigenvalue weighted by atomic mass is 79.9. The van der Waals surface area contributed by atoms with Crippen LogP contribution in [-0.2, 0) is 6.61 Å². The molecule has 0 atom stereocenters. The van der Waals surface area contributed by atoms with Gasteiger partial charge in [0, 0.05) is 10.6 Å². The highest BCUT2D eigenvalue weighted by Gasteiger charge is 2.07. The Bertz CT molecular complexity index is 771. The molecule has 0 aliphatic rings. The lowest BCUT2D eigenvalue weighted by molar-refractivity contribution is 0.295. The van der Waals surface area contributed by atoms with E-state index in [1.54, 1.807) is 31.5 Å². The zero-order valence-electron chi connectivity index (χ0n) is 12.8. The van der Waals surface area contributed by atoms with Gasteiger partial charge < -0.3 is 15.2 Å². The summed E-state index contributed by atoms with van der Waals surface area (Å²) in [6.45, 7) is 0.327. The number of hydrogen-bond acceptors (Lipinski definition) is 4. The van der Waals surface area contributed by atoms with Crippen LogP contribution in [0.15, 0.2) is 46.0 Å². The van der Waals surface area contributed by atoms with E-state index in [-0.39, 0.29) is 5.11 Å². The van der Waals surface area contributed by atoms with Crippen LogP contribution in [0.3, 0.4) is 0 Å². The standard InChI is InChI=1S/C16H15BrClN3O2S/c1-22-14-4-2-10(8-20-21-16(19)24)6-11(14)9-23-15-5-3-12(18)7-13(15)17/h2-8H,9H2,1H3,(H3,19,21,24). The van der Waals surface area contributed by atoms with Gasteiger partial charge in [0.2, 0.25) is 0 Å². The Labute approximate surface area is 158 Å². The summed E-state index contributed by atoms with van der Waals surface area (Å²) in [5.74, 6) is 1.41. The molecule has 24 heavy (non-hydrogen) atoms. The van der Waals surface area contributed by atoms with E-state index in [1.165, 1.54) is 0 Å². The third-order valence-electron chi connectivity index (χ3n) is 2.97. The summed E-state index contributed by atoms with van der Waals surface area (Å²) in [5.41, 5.74) is 9.56. The largest absolute Gasteiger partial charge is 0.496 e. The summed E-state index contributed by atoms with van der Waals surface area (Å²) < 4.78 is 12.0. The number of ether oxygens (including phenoxy) is 2. The van der Waals surface area contributed by atoms with Crippen molar-refractivity contribution in [3.05, 3.63) is 57.0 Å². The molecule has 0 radical (unpaired) electrons. The van der Waals surface area contributed by atoms with Gasteiger partial charge in [0.25, 0.3) is 0 Å². The van der Waals surface area contributed by atoms with Crippen LogP contribution in [-0.4, -0.2) is 18.4 Å². The van der Waals surface area contributed by atoms with E-state index in [1.807, 2.05) is 18.2 Å². The van der Waals surface area contributed by atoms with Gasteiger partial charge in [-0.25, -0.2) is 0 Å². The van der Waals surface area contributed by atoms with Crippen molar-refractivity contribution < 1.29 is 9.47 Å². The van der Waals surface area contributed by atoms with E-state index < -0.39 is 0 Å². The van der Waals surface area contributed by atoms with E-state index in [2.05, 4.69) is 26.5 Å². The van der Waals surface area contributed by atoms with Crippen LogP contribution in [0.25, 0.3) is 0 Å². The molecule has 2 aromatic carbocycles. The van der Waals surface area contributed by atoms with E-state index in [4.69, 9.17) is 39.0 Å². The molecule has 0 aromatic heterocycles. The van der Waals surface area contributed by atoms with Gasteiger partial charge in [-0.1, -0.05) is 11.6 Å². The molecule has 0 saturated heterocycles. The van der Waals surface area contributed by atoms with Crippen molar-refractivity contribution in [3.8, 4) is 11.5 Å². The second-order valence-corrected chi connectivity index (χ2v) is 6.40. The maximum absolute atomic E-state index is 5.93. The average Bonchev–Trinajstić information content (AvgIpc) is 2.54.